The summed E-state index contributed by atoms with van der Waals surface area (Å²) in [5, 5.41) is 26.5. The molecule has 9 heteroatoms. The molecule has 0 saturated carbocycles. The summed E-state index contributed by atoms with van der Waals surface area (Å²) in [6.45, 7) is 4.77. The lowest BCUT2D eigenvalue weighted by Crippen LogP contribution is -2.35. The summed E-state index contributed by atoms with van der Waals surface area (Å²) in [5.41, 5.74) is 5.96. The third kappa shape index (κ3) is 13.0. The van der Waals surface area contributed by atoms with E-state index in [4.69, 9.17) is 25.8 Å². The van der Waals surface area contributed by atoms with E-state index in [2.05, 4.69) is 5.32 Å². The van der Waals surface area contributed by atoms with Crippen LogP contribution < -0.4 is 15.8 Å². The van der Waals surface area contributed by atoms with Crippen LogP contribution in [0.15, 0.2) is 24.3 Å². The van der Waals surface area contributed by atoms with Crippen molar-refractivity contribution in [1.82, 2.24) is 5.32 Å². The minimum Gasteiger partial charge on any atom is -0.491 e. The van der Waals surface area contributed by atoms with Gasteiger partial charge < -0.3 is 26.1 Å². The van der Waals surface area contributed by atoms with Gasteiger partial charge in [-0.1, -0.05) is 26.0 Å². The van der Waals surface area contributed by atoms with Crippen LogP contribution in [0.2, 0.25) is 0 Å². The number of rotatable bonds is 8. The highest BCUT2D eigenvalue weighted by molar-refractivity contribution is 5.76. The van der Waals surface area contributed by atoms with Gasteiger partial charge >= 0.3 is 0 Å². The largest absolute Gasteiger partial charge is 0.491 e. The monoisotopic (exact) mass is 329 g/mol. The van der Waals surface area contributed by atoms with Crippen LogP contribution in [0.25, 0.3) is 0 Å². The Kier molecular flexibility index (Phi) is 10.0. The normalized spacial score (nSPS) is 11.3. The summed E-state index contributed by atoms with van der Waals surface area (Å²) in [5.74, 6) is 0.306. The Morgan fingerprint density at radius 2 is 1.91 bits per heavy atom. The molecule has 0 bridgehead atoms. The third-order valence-electron chi connectivity index (χ3n) is 2.51. The van der Waals surface area contributed by atoms with E-state index in [1.54, 1.807) is 24.3 Å². The first-order valence-electron chi connectivity index (χ1n) is 6.95. The average molecular weight is 329 g/mol. The first-order chi connectivity index (χ1) is 10.7. The lowest BCUT2D eigenvalue weighted by atomic mass is 10.1. The van der Waals surface area contributed by atoms with Crippen molar-refractivity contribution in [1.29, 1.82) is 0 Å². The number of carbonyl (C=O) groups is 1. The van der Waals surface area contributed by atoms with Crippen molar-refractivity contribution in [3.05, 3.63) is 39.9 Å². The van der Waals surface area contributed by atoms with Crippen LogP contribution in [0.4, 0.5) is 0 Å². The number of amides is 1. The Labute approximate surface area is 134 Å². The molecule has 1 unspecified atom stereocenters. The highest BCUT2D eigenvalue weighted by Gasteiger charge is 2.06. The van der Waals surface area contributed by atoms with Gasteiger partial charge in [-0.15, -0.1) is 10.1 Å². The number of aliphatic hydroxyl groups is 1. The molecule has 1 aromatic carbocycles. The summed E-state index contributed by atoms with van der Waals surface area (Å²) in [4.78, 5) is 19.1. The van der Waals surface area contributed by atoms with Gasteiger partial charge in [-0.05, 0) is 17.7 Å². The van der Waals surface area contributed by atoms with E-state index >= 15 is 0 Å². The maximum absolute atomic E-state index is 10.7. The van der Waals surface area contributed by atoms with E-state index in [9.17, 15) is 9.90 Å². The first-order valence-corrected chi connectivity index (χ1v) is 6.95. The average Bonchev–Trinajstić information content (AvgIpc) is 2.43. The van der Waals surface area contributed by atoms with Gasteiger partial charge in [0, 0.05) is 12.6 Å². The fourth-order valence-corrected chi connectivity index (χ4v) is 1.53. The molecule has 0 radical (unpaired) electrons. The molecule has 0 aliphatic rings. The van der Waals surface area contributed by atoms with Gasteiger partial charge in [-0.3, -0.25) is 4.79 Å². The van der Waals surface area contributed by atoms with Crippen molar-refractivity contribution < 1.29 is 24.9 Å². The van der Waals surface area contributed by atoms with E-state index in [-0.39, 0.29) is 18.9 Å². The molecule has 9 nitrogen and oxygen atoms in total. The molecule has 1 rings (SSSR count). The van der Waals surface area contributed by atoms with Crippen molar-refractivity contribution in [3.63, 3.8) is 0 Å². The Morgan fingerprint density at radius 3 is 2.35 bits per heavy atom. The van der Waals surface area contributed by atoms with Crippen molar-refractivity contribution in [2.75, 3.05) is 13.2 Å². The molecule has 23 heavy (non-hydrogen) atoms. The molecular weight excluding hydrogens is 306 g/mol. The third-order valence-corrected chi connectivity index (χ3v) is 2.51. The minimum absolute atomic E-state index is 0.223. The number of hydrogen-bond donors (Lipinski definition) is 4. The van der Waals surface area contributed by atoms with Gasteiger partial charge in [0.1, 0.15) is 18.5 Å². The molecule has 0 aliphatic heterocycles. The Morgan fingerprint density at radius 1 is 1.39 bits per heavy atom. The van der Waals surface area contributed by atoms with Crippen LogP contribution in [0, 0.1) is 10.1 Å². The molecule has 130 valence electrons. The lowest BCUT2D eigenvalue weighted by Gasteiger charge is -2.15. The summed E-state index contributed by atoms with van der Waals surface area (Å²) >= 11 is 0. The van der Waals surface area contributed by atoms with Crippen LogP contribution in [0.3, 0.4) is 0 Å². The molecule has 0 spiro atoms. The molecule has 1 atom stereocenters. The number of nitrogens with zero attached hydrogens (tertiary/aromatic N) is 1. The van der Waals surface area contributed by atoms with Gasteiger partial charge in [0.05, 0.1) is 6.42 Å². The van der Waals surface area contributed by atoms with Crippen molar-refractivity contribution >= 4 is 5.91 Å². The fourth-order valence-electron chi connectivity index (χ4n) is 1.53. The molecule has 0 saturated heterocycles. The molecule has 0 aromatic heterocycles. The second kappa shape index (κ2) is 11.2. The summed E-state index contributed by atoms with van der Waals surface area (Å²) in [7, 11) is 0. The number of ether oxygens (including phenoxy) is 1. The number of aliphatic hydroxyl groups excluding tert-OH is 1. The number of hydrogen-bond acceptors (Lipinski definition) is 6. The minimum atomic E-state index is -1.50. The maximum Gasteiger partial charge on any atom is 0.291 e. The van der Waals surface area contributed by atoms with E-state index in [0.29, 0.717) is 18.3 Å². The zero-order valence-electron chi connectivity index (χ0n) is 13.1. The molecule has 0 fully saturated rings. The highest BCUT2D eigenvalue weighted by Crippen LogP contribution is 2.12. The van der Waals surface area contributed by atoms with E-state index in [1.165, 1.54) is 0 Å². The van der Waals surface area contributed by atoms with Gasteiger partial charge in [-0.25, -0.2) is 0 Å². The zero-order valence-corrected chi connectivity index (χ0v) is 13.1. The number of benzene rings is 1. The smallest absolute Gasteiger partial charge is 0.291 e. The number of primary amides is 1. The molecular formula is C14H23N3O6. The summed E-state index contributed by atoms with van der Waals surface area (Å²) < 4.78 is 5.45. The Hall–Kier alpha value is -2.39. The molecule has 1 amide bonds. The number of nitrogens with two attached hydrogens (primary N) is 1. The molecule has 0 heterocycles. The van der Waals surface area contributed by atoms with Crippen LogP contribution >= 0.6 is 0 Å². The zero-order chi connectivity index (χ0) is 17.8. The second-order valence-electron chi connectivity index (χ2n) is 5.05. The first kappa shape index (κ1) is 20.6. The molecule has 1 aromatic rings. The molecule has 5 N–H and O–H groups in total. The predicted octanol–water partition coefficient (Wildman–Crippen LogP) is 0.104. The summed E-state index contributed by atoms with van der Waals surface area (Å²) in [6, 6.07) is 7.45. The van der Waals surface area contributed by atoms with E-state index < -0.39 is 11.2 Å². The fraction of sp³-hybridized carbons (Fsp3) is 0.500. The van der Waals surface area contributed by atoms with Gasteiger partial charge in [-0.2, -0.15) is 0 Å². The topological polar surface area (TPSA) is 148 Å². The van der Waals surface area contributed by atoms with E-state index in [1.807, 2.05) is 13.8 Å². The number of nitrogens with one attached hydrogen (secondary N) is 1. The number of carbonyl (C=O) groups excluding carboxylic acids is 1. The lowest BCUT2D eigenvalue weighted by molar-refractivity contribution is -0.742. The Balaban J connectivity index is 0.00000108. The van der Waals surface area contributed by atoms with Gasteiger partial charge in [0.2, 0.25) is 5.91 Å². The second-order valence-corrected chi connectivity index (χ2v) is 5.05. The Bertz CT molecular complexity index is 474. The van der Waals surface area contributed by atoms with Gasteiger partial charge in [0.15, 0.2) is 0 Å². The molecule has 0 aliphatic carbocycles. The SMILES string of the molecule is CC(C)NCC(O)COc1ccc(CC(N)=O)cc1.O=[N+]([O-])O. The van der Waals surface area contributed by atoms with E-state index in [0.717, 1.165) is 5.56 Å². The maximum atomic E-state index is 10.7. The van der Waals surface area contributed by atoms with Crippen LogP contribution in [0.5, 0.6) is 5.75 Å². The van der Waals surface area contributed by atoms with Crippen LogP contribution in [0.1, 0.15) is 19.4 Å². The quantitative estimate of drug-likeness (QED) is 0.390. The van der Waals surface area contributed by atoms with Crippen LogP contribution in [-0.2, 0) is 11.2 Å². The predicted molar refractivity (Wildman–Crippen MR) is 82.8 cm³/mol. The van der Waals surface area contributed by atoms with Crippen molar-refractivity contribution in [2.45, 2.75) is 32.4 Å². The standard InChI is InChI=1S/C14H22N2O3.HNO3/c1-10(2)16-8-12(17)9-19-13-5-3-11(4-6-13)7-14(15)18;2-1(3)4/h3-6,10,12,16-17H,7-9H2,1-2H3,(H2,15,18);(H,2,3,4). The summed E-state index contributed by atoms with van der Waals surface area (Å²) in [6.07, 6.45) is -0.325. The van der Waals surface area contributed by atoms with Crippen molar-refractivity contribution in [3.8, 4) is 5.75 Å². The van der Waals surface area contributed by atoms with Crippen molar-refractivity contribution in [2.24, 2.45) is 5.73 Å². The van der Waals surface area contributed by atoms with Gasteiger partial charge in [0.25, 0.3) is 5.09 Å². The van der Waals surface area contributed by atoms with Crippen LogP contribution in [-0.4, -0.2) is 46.6 Å². The highest BCUT2D eigenvalue weighted by atomic mass is 16.9.